The lowest BCUT2D eigenvalue weighted by atomic mass is 10.0. The summed E-state index contributed by atoms with van der Waals surface area (Å²) in [6.07, 6.45) is 2.27. The molecule has 58 valence electrons. The highest BCUT2D eigenvalue weighted by Gasteiger charge is 2.66. The third-order valence-electron chi connectivity index (χ3n) is 3.44. The maximum atomic E-state index is 9.87. The quantitative estimate of drug-likeness (QED) is 0.589. The second-order valence-electron chi connectivity index (χ2n) is 4.84. The van der Waals surface area contributed by atoms with Crippen molar-refractivity contribution in [3.05, 3.63) is 0 Å². The molecule has 0 spiro atoms. The van der Waals surface area contributed by atoms with Crippen molar-refractivity contribution in [2.24, 2.45) is 17.3 Å². The number of hydrogen-bond acceptors (Lipinski definition) is 1. The third-order valence-corrected chi connectivity index (χ3v) is 3.44. The van der Waals surface area contributed by atoms with Gasteiger partial charge in [0, 0.05) is 0 Å². The van der Waals surface area contributed by atoms with E-state index in [-0.39, 0.29) is 5.60 Å². The fraction of sp³-hybridized carbons (Fsp3) is 1.00. The van der Waals surface area contributed by atoms with E-state index in [4.69, 9.17) is 0 Å². The van der Waals surface area contributed by atoms with Gasteiger partial charge in [0.1, 0.15) is 0 Å². The molecule has 1 N–H and O–H groups in total. The summed E-state index contributed by atoms with van der Waals surface area (Å²) in [4.78, 5) is 0. The SMILES string of the molecule is CC1CC1(O)C1CC1(C)C. The van der Waals surface area contributed by atoms with Gasteiger partial charge in [-0.3, -0.25) is 0 Å². The maximum absolute atomic E-state index is 9.87. The summed E-state index contributed by atoms with van der Waals surface area (Å²) in [5.74, 6) is 1.18. The van der Waals surface area contributed by atoms with Gasteiger partial charge in [-0.15, -0.1) is 0 Å². The Labute approximate surface area is 62.4 Å². The molecule has 0 radical (unpaired) electrons. The fourth-order valence-electron chi connectivity index (χ4n) is 2.24. The van der Waals surface area contributed by atoms with E-state index in [9.17, 15) is 5.11 Å². The minimum Gasteiger partial charge on any atom is -0.389 e. The van der Waals surface area contributed by atoms with E-state index in [1.54, 1.807) is 0 Å². The average Bonchev–Trinajstić information content (AvgIpc) is 2.54. The average molecular weight is 140 g/mol. The molecule has 10 heavy (non-hydrogen) atoms. The van der Waals surface area contributed by atoms with E-state index < -0.39 is 0 Å². The number of rotatable bonds is 1. The predicted molar refractivity (Wildman–Crippen MR) is 40.6 cm³/mol. The van der Waals surface area contributed by atoms with Crippen LogP contribution in [0.15, 0.2) is 0 Å². The zero-order chi connectivity index (χ0) is 7.57. The lowest BCUT2D eigenvalue weighted by molar-refractivity contribution is 0.0962. The topological polar surface area (TPSA) is 20.2 Å². The normalized spacial score (nSPS) is 56.4. The molecule has 0 aromatic rings. The van der Waals surface area contributed by atoms with Gasteiger partial charge in [-0.05, 0) is 30.1 Å². The molecule has 2 rings (SSSR count). The van der Waals surface area contributed by atoms with Gasteiger partial charge in [-0.25, -0.2) is 0 Å². The molecule has 0 saturated heterocycles. The van der Waals surface area contributed by atoms with Crippen LogP contribution in [0.5, 0.6) is 0 Å². The highest BCUT2D eigenvalue weighted by molar-refractivity contribution is 5.16. The first kappa shape index (κ1) is 6.66. The van der Waals surface area contributed by atoms with Gasteiger partial charge in [-0.2, -0.15) is 0 Å². The van der Waals surface area contributed by atoms with Crippen LogP contribution in [-0.2, 0) is 0 Å². The molecule has 2 saturated carbocycles. The van der Waals surface area contributed by atoms with E-state index in [0.717, 1.165) is 6.42 Å². The molecule has 0 aromatic heterocycles. The molecule has 2 aliphatic rings. The Morgan fingerprint density at radius 1 is 1.30 bits per heavy atom. The van der Waals surface area contributed by atoms with Crippen molar-refractivity contribution in [2.45, 2.75) is 39.2 Å². The van der Waals surface area contributed by atoms with Gasteiger partial charge in [0.25, 0.3) is 0 Å². The summed E-state index contributed by atoms with van der Waals surface area (Å²) >= 11 is 0. The molecule has 0 amide bonds. The Morgan fingerprint density at radius 2 is 1.70 bits per heavy atom. The first-order valence-electron chi connectivity index (χ1n) is 4.19. The summed E-state index contributed by atoms with van der Waals surface area (Å²) < 4.78 is 0. The lowest BCUT2D eigenvalue weighted by Crippen LogP contribution is -2.16. The highest BCUT2D eigenvalue weighted by atomic mass is 16.3. The first-order valence-corrected chi connectivity index (χ1v) is 4.19. The van der Waals surface area contributed by atoms with Crippen LogP contribution in [0, 0.1) is 17.3 Å². The summed E-state index contributed by atoms with van der Waals surface area (Å²) in [5, 5.41) is 9.87. The van der Waals surface area contributed by atoms with Gasteiger partial charge < -0.3 is 5.11 Å². The van der Waals surface area contributed by atoms with Gasteiger partial charge in [0.05, 0.1) is 5.60 Å². The Balaban J connectivity index is 2.05. The number of hydrogen-bond donors (Lipinski definition) is 1. The van der Waals surface area contributed by atoms with Crippen LogP contribution in [0.25, 0.3) is 0 Å². The molecule has 1 nitrogen and oxygen atoms in total. The van der Waals surface area contributed by atoms with E-state index in [1.165, 1.54) is 6.42 Å². The van der Waals surface area contributed by atoms with Gasteiger partial charge in [-0.1, -0.05) is 20.8 Å². The summed E-state index contributed by atoms with van der Waals surface area (Å²) in [6.45, 7) is 6.65. The summed E-state index contributed by atoms with van der Waals surface area (Å²) in [6, 6.07) is 0. The Bertz CT molecular complexity index is 174. The van der Waals surface area contributed by atoms with E-state index in [1.807, 2.05) is 0 Å². The Kier molecular flexibility index (Phi) is 0.949. The van der Waals surface area contributed by atoms with E-state index in [0.29, 0.717) is 17.3 Å². The van der Waals surface area contributed by atoms with Crippen LogP contribution in [0.4, 0.5) is 0 Å². The molecule has 0 aliphatic heterocycles. The van der Waals surface area contributed by atoms with Crippen LogP contribution in [0.3, 0.4) is 0 Å². The van der Waals surface area contributed by atoms with Gasteiger partial charge >= 0.3 is 0 Å². The minimum atomic E-state index is -0.247. The molecule has 2 fully saturated rings. The summed E-state index contributed by atoms with van der Waals surface area (Å²) in [5.41, 5.74) is 0.197. The molecule has 0 heterocycles. The van der Waals surface area contributed by atoms with Crippen molar-refractivity contribution in [1.82, 2.24) is 0 Å². The smallest absolute Gasteiger partial charge is 0.0711 e. The Hall–Kier alpha value is -0.0400. The maximum Gasteiger partial charge on any atom is 0.0711 e. The van der Waals surface area contributed by atoms with Crippen molar-refractivity contribution < 1.29 is 5.11 Å². The summed E-state index contributed by atoms with van der Waals surface area (Å²) in [7, 11) is 0. The van der Waals surface area contributed by atoms with Crippen LogP contribution < -0.4 is 0 Å². The fourth-order valence-corrected chi connectivity index (χ4v) is 2.24. The van der Waals surface area contributed by atoms with Crippen LogP contribution in [0.1, 0.15) is 33.6 Å². The van der Waals surface area contributed by atoms with Crippen molar-refractivity contribution in [1.29, 1.82) is 0 Å². The molecule has 3 unspecified atom stereocenters. The third kappa shape index (κ3) is 0.672. The molecular weight excluding hydrogens is 124 g/mol. The predicted octanol–water partition coefficient (Wildman–Crippen LogP) is 1.80. The van der Waals surface area contributed by atoms with Gasteiger partial charge in [0.15, 0.2) is 0 Å². The molecule has 2 aliphatic carbocycles. The molecule has 0 aromatic carbocycles. The molecule has 1 heteroatoms. The first-order chi connectivity index (χ1) is 4.47. The highest BCUT2D eigenvalue weighted by Crippen LogP contribution is 2.66. The largest absolute Gasteiger partial charge is 0.389 e. The van der Waals surface area contributed by atoms with Crippen molar-refractivity contribution in [2.75, 3.05) is 0 Å². The molecule has 0 bridgehead atoms. The zero-order valence-electron chi connectivity index (χ0n) is 7.02. The van der Waals surface area contributed by atoms with Crippen LogP contribution in [0.2, 0.25) is 0 Å². The second-order valence-corrected chi connectivity index (χ2v) is 4.84. The Morgan fingerprint density at radius 3 is 1.80 bits per heavy atom. The monoisotopic (exact) mass is 140 g/mol. The second kappa shape index (κ2) is 1.42. The van der Waals surface area contributed by atoms with Gasteiger partial charge in [0.2, 0.25) is 0 Å². The molecular formula is C9H16O. The standard InChI is InChI=1S/C9H16O/c1-6-4-9(6,10)7-5-8(7,2)3/h6-7,10H,4-5H2,1-3H3. The van der Waals surface area contributed by atoms with E-state index >= 15 is 0 Å². The molecule has 3 atom stereocenters. The zero-order valence-corrected chi connectivity index (χ0v) is 7.02. The van der Waals surface area contributed by atoms with E-state index in [2.05, 4.69) is 20.8 Å². The van der Waals surface area contributed by atoms with Crippen LogP contribution >= 0.6 is 0 Å². The number of aliphatic hydroxyl groups is 1. The van der Waals surface area contributed by atoms with Crippen molar-refractivity contribution in [3.8, 4) is 0 Å². The minimum absolute atomic E-state index is 0.247. The van der Waals surface area contributed by atoms with Crippen molar-refractivity contribution >= 4 is 0 Å². The van der Waals surface area contributed by atoms with Crippen molar-refractivity contribution in [3.63, 3.8) is 0 Å². The van der Waals surface area contributed by atoms with Crippen LogP contribution in [-0.4, -0.2) is 10.7 Å². The lowest BCUT2D eigenvalue weighted by Gasteiger charge is -2.10.